The van der Waals surface area contributed by atoms with Gasteiger partial charge in [0.25, 0.3) is 0 Å². The van der Waals surface area contributed by atoms with Crippen molar-refractivity contribution in [2.75, 3.05) is 13.1 Å². The first-order valence-corrected chi connectivity index (χ1v) is 6.99. The summed E-state index contributed by atoms with van der Waals surface area (Å²) in [6, 6.07) is 0. The number of amides is 1. The number of hydrogen-bond donors (Lipinski definition) is 1. The van der Waals surface area contributed by atoms with Crippen LogP contribution in [0.3, 0.4) is 0 Å². The van der Waals surface area contributed by atoms with Crippen LogP contribution in [0.2, 0.25) is 0 Å². The van der Waals surface area contributed by atoms with Crippen molar-refractivity contribution in [3.63, 3.8) is 0 Å². The Bertz CT molecular complexity index is 469. The highest BCUT2D eigenvalue weighted by Crippen LogP contribution is 2.38. The van der Waals surface area contributed by atoms with E-state index < -0.39 is 6.10 Å². The lowest BCUT2D eigenvalue weighted by Crippen LogP contribution is -2.46. The molecule has 6 nitrogen and oxygen atoms in total. The van der Waals surface area contributed by atoms with E-state index >= 15 is 0 Å². The van der Waals surface area contributed by atoms with Gasteiger partial charge in [0.2, 0.25) is 5.91 Å². The number of likely N-dealkylation sites (tertiary alicyclic amines) is 1. The monoisotopic (exact) mass is 264 g/mol. The van der Waals surface area contributed by atoms with Crippen molar-refractivity contribution in [1.29, 1.82) is 0 Å². The Kier molecular flexibility index (Phi) is 3.26. The van der Waals surface area contributed by atoms with E-state index in [1.165, 1.54) is 12.8 Å². The van der Waals surface area contributed by atoms with Gasteiger partial charge in [-0.25, -0.2) is 4.68 Å². The number of carbonyl (C=O) groups is 1. The average molecular weight is 264 g/mol. The largest absolute Gasteiger partial charge is 0.391 e. The minimum absolute atomic E-state index is 0.0122. The average Bonchev–Trinajstić information content (AvgIpc) is 3.14. The molecule has 1 aliphatic heterocycles. The fourth-order valence-electron chi connectivity index (χ4n) is 2.47. The molecule has 0 radical (unpaired) electrons. The van der Waals surface area contributed by atoms with Gasteiger partial charge >= 0.3 is 0 Å². The molecule has 2 unspecified atom stereocenters. The molecular formula is C13H20N4O2. The summed E-state index contributed by atoms with van der Waals surface area (Å²) in [5.74, 6) is 0.844. The van der Waals surface area contributed by atoms with Crippen molar-refractivity contribution < 1.29 is 9.90 Å². The van der Waals surface area contributed by atoms with Crippen LogP contribution in [0.15, 0.2) is 6.20 Å². The molecule has 2 heterocycles. The Morgan fingerprint density at radius 2 is 2.26 bits per heavy atom. The lowest BCUT2D eigenvalue weighted by Gasteiger charge is -2.34. The van der Waals surface area contributed by atoms with Crippen LogP contribution >= 0.6 is 0 Å². The Labute approximate surface area is 112 Å². The summed E-state index contributed by atoms with van der Waals surface area (Å²) < 4.78 is 1.61. The maximum atomic E-state index is 12.1. The summed E-state index contributed by atoms with van der Waals surface area (Å²) >= 11 is 0. The Morgan fingerprint density at radius 1 is 1.47 bits per heavy atom. The minimum atomic E-state index is -0.407. The molecule has 1 saturated heterocycles. The molecule has 2 atom stereocenters. The topological polar surface area (TPSA) is 71.2 Å². The second-order valence-corrected chi connectivity index (χ2v) is 5.79. The molecule has 2 fully saturated rings. The third-order valence-electron chi connectivity index (χ3n) is 4.12. The lowest BCUT2D eigenvalue weighted by molar-refractivity contribution is -0.136. The van der Waals surface area contributed by atoms with Gasteiger partial charge in [-0.05, 0) is 25.2 Å². The van der Waals surface area contributed by atoms with Crippen LogP contribution in [0.4, 0.5) is 0 Å². The number of hydrogen-bond acceptors (Lipinski definition) is 4. The fourth-order valence-corrected chi connectivity index (χ4v) is 2.47. The molecule has 1 aromatic rings. The maximum Gasteiger partial charge on any atom is 0.244 e. The first-order valence-electron chi connectivity index (χ1n) is 6.99. The molecule has 1 saturated carbocycles. The standard InChI is InChI=1S/C13H20N4O2/c1-9-4-5-16(7-12(9)18)13(19)8-17-6-11(14-15-17)10-2-3-10/h6,9-10,12,18H,2-5,7-8H2,1H3. The summed E-state index contributed by atoms with van der Waals surface area (Å²) in [7, 11) is 0. The number of nitrogens with zero attached hydrogens (tertiary/aromatic N) is 4. The third-order valence-corrected chi connectivity index (χ3v) is 4.12. The van der Waals surface area contributed by atoms with Crippen molar-refractivity contribution in [2.24, 2.45) is 5.92 Å². The number of β-amino-alcohol motifs (C(OH)–C–C–N with tert-alkyl or cyclic N) is 1. The summed E-state index contributed by atoms with van der Waals surface area (Å²) in [5.41, 5.74) is 1.00. The Balaban J connectivity index is 1.57. The number of carbonyl (C=O) groups excluding carboxylic acids is 1. The van der Waals surface area contributed by atoms with Gasteiger partial charge in [0.05, 0.1) is 11.8 Å². The normalized spacial score (nSPS) is 27.6. The van der Waals surface area contributed by atoms with Crippen LogP contribution in [0.1, 0.15) is 37.8 Å². The second kappa shape index (κ2) is 4.92. The molecule has 0 spiro atoms. The van der Waals surface area contributed by atoms with Gasteiger partial charge in [0.1, 0.15) is 6.54 Å². The molecule has 3 rings (SSSR count). The van der Waals surface area contributed by atoms with Crippen LogP contribution in [0, 0.1) is 5.92 Å². The molecule has 2 aliphatic rings. The summed E-state index contributed by atoms with van der Waals surface area (Å²) in [4.78, 5) is 13.9. The number of aromatic nitrogens is 3. The van der Waals surface area contributed by atoms with Crippen molar-refractivity contribution in [2.45, 2.75) is 44.8 Å². The van der Waals surface area contributed by atoms with E-state index in [2.05, 4.69) is 10.3 Å². The van der Waals surface area contributed by atoms with Crippen molar-refractivity contribution >= 4 is 5.91 Å². The van der Waals surface area contributed by atoms with Crippen molar-refractivity contribution in [3.05, 3.63) is 11.9 Å². The zero-order valence-corrected chi connectivity index (χ0v) is 11.2. The molecule has 1 amide bonds. The van der Waals surface area contributed by atoms with Crippen molar-refractivity contribution in [1.82, 2.24) is 19.9 Å². The van der Waals surface area contributed by atoms with Gasteiger partial charge in [-0.15, -0.1) is 5.10 Å². The summed E-state index contributed by atoms with van der Waals surface area (Å²) in [5, 5.41) is 17.9. The van der Waals surface area contributed by atoms with Crippen LogP contribution in [0.5, 0.6) is 0 Å². The molecule has 104 valence electrons. The van der Waals surface area contributed by atoms with Crippen molar-refractivity contribution in [3.8, 4) is 0 Å². The summed E-state index contributed by atoms with van der Waals surface area (Å²) in [6.45, 7) is 3.40. The first kappa shape index (κ1) is 12.6. The van der Waals surface area contributed by atoms with Crippen LogP contribution in [-0.2, 0) is 11.3 Å². The van der Waals surface area contributed by atoms with Crippen LogP contribution in [0.25, 0.3) is 0 Å². The minimum Gasteiger partial charge on any atom is -0.391 e. The Morgan fingerprint density at radius 3 is 2.95 bits per heavy atom. The molecule has 6 heteroatoms. The second-order valence-electron chi connectivity index (χ2n) is 5.79. The fraction of sp³-hybridized carbons (Fsp3) is 0.769. The lowest BCUT2D eigenvalue weighted by atomic mass is 9.96. The van der Waals surface area contributed by atoms with E-state index in [4.69, 9.17) is 0 Å². The molecule has 0 aromatic carbocycles. The van der Waals surface area contributed by atoms with Gasteiger partial charge in [0.15, 0.2) is 0 Å². The molecular weight excluding hydrogens is 244 g/mol. The molecule has 19 heavy (non-hydrogen) atoms. The highest BCUT2D eigenvalue weighted by atomic mass is 16.3. The van der Waals surface area contributed by atoms with E-state index in [1.807, 2.05) is 13.1 Å². The maximum absolute atomic E-state index is 12.1. The zero-order valence-electron chi connectivity index (χ0n) is 11.2. The highest BCUT2D eigenvalue weighted by Gasteiger charge is 2.29. The molecule has 1 aliphatic carbocycles. The number of aliphatic hydroxyl groups excluding tert-OH is 1. The SMILES string of the molecule is CC1CCN(C(=O)Cn2cc(C3CC3)nn2)CC1O. The third kappa shape index (κ3) is 2.78. The zero-order chi connectivity index (χ0) is 13.4. The van der Waals surface area contributed by atoms with E-state index in [9.17, 15) is 9.90 Å². The van der Waals surface area contributed by atoms with E-state index in [-0.39, 0.29) is 18.4 Å². The molecule has 1 aromatic heterocycles. The van der Waals surface area contributed by atoms with Gasteiger partial charge < -0.3 is 10.0 Å². The van der Waals surface area contributed by atoms with Crippen LogP contribution in [-0.4, -0.2) is 50.1 Å². The predicted octanol–water partition coefficient (Wildman–Crippen LogP) is 0.385. The molecule has 1 N–H and O–H groups in total. The van der Waals surface area contributed by atoms with Gasteiger partial charge in [-0.1, -0.05) is 12.1 Å². The van der Waals surface area contributed by atoms with Crippen LogP contribution < -0.4 is 0 Å². The highest BCUT2D eigenvalue weighted by molar-refractivity contribution is 5.76. The predicted molar refractivity (Wildman–Crippen MR) is 68.4 cm³/mol. The van der Waals surface area contributed by atoms with E-state index in [1.54, 1.807) is 9.58 Å². The van der Waals surface area contributed by atoms with Gasteiger partial charge in [0, 0.05) is 25.2 Å². The smallest absolute Gasteiger partial charge is 0.244 e. The van der Waals surface area contributed by atoms with Gasteiger partial charge in [-0.2, -0.15) is 0 Å². The summed E-state index contributed by atoms with van der Waals surface area (Å²) in [6.07, 6.45) is 4.69. The van der Waals surface area contributed by atoms with E-state index in [0.29, 0.717) is 12.5 Å². The Hall–Kier alpha value is -1.43. The number of aliphatic hydroxyl groups is 1. The number of piperidine rings is 1. The molecule has 0 bridgehead atoms. The quantitative estimate of drug-likeness (QED) is 0.857. The first-order chi connectivity index (χ1) is 9.13. The van der Waals surface area contributed by atoms with E-state index in [0.717, 1.165) is 18.7 Å². The number of rotatable bonds is 3. The van der Waals surface area contributed by atoms with Gasteiger partial charge in [-0.3, -0.25) is 4.79 Å².